The van der Waals surface area contributed by atoms with E-state index < -0.39 is 95.7 Å². The molecule has 2 aliphatic carbocycles. The Morgan fingerprint density at radius 3 is 2.19 bits per heavy atom. The van der Waals surface area contributed by atoms with Crippen molar-refractivity contribution in [2.45, 2.75) is 81.2 Å². The normalized spacial score (nSPS) is 14.9. The molecule has 1 aromatic heterocycles. The number of nitriles is 1. The van der Waals surface area contributed by atoms with Crippen molar-refractivity contribution in [2.24, 2.45) is 0 Å². The number of hydrogen-bond acceptors (Lipinski definition) is 15. The van der Waals surface area contributed by atoms with E-state index in [2.05, 4.69) is 56.8 Å². The van der Waals surface area contributed by atoms with Crippen molar-refractivity contribution in [1.82, 2.24) is 31.6 Å². The molecule has 6 amide bonds. The molecule has 6 rings (SSSR count). The number of aromatic hydroxyl groups is 2. The number of thioether (sulfide) groups is 1. The second kappa shape index (κ2) is 23.0. The molecule has 1 heterocycles. The van der Waals surface area contributed by atoms with Crippen LogP contribution in [0.15, 0.2) is 59.8 Å². The van der Waals surface area contributed by atoms with Crippen LogP contribution in [0.4, 0.5) is 5.69 Å². The number of aromatic nitrogens is 1. The summed E-state index contributed by atoms with van der Waals surface area (Å²) in [6.07, 6.45) is 3.60. The zero-order valence-corrected chi connectivity index (χ0v) is 39.4. The van der Waals surface area contributed by atoms with Crippen LogP contribution in [-0.4, -0.2) is 111 Å². The maximum absolute atomic E-state index is 13.6. The highest BCUT2D eigenvalue weighted by Gasteiger charge is 2.45. The summed E-state index contributed by atoms with van der Waals surface area (Å²) in [5.74, 6) is -6.19. The summed E-state index contributed by atoms with van der Waals surface area (Å²) in [4.78, 5) is 107. The highest BCUT2D eigenvalue weighted by atomic mass is 32.2. The van der Waals surface area contributed by atoms with Gasteiger partial charge in [-0.05, 0) is 49.1 Å². The Kier molecular flexibility index (Phi) is 16.9. The van der Waals surface area contributed by atoms with Crippen molar-refractivity contribution in [3.8, 4) is 23.3 Å². The molecular weight excluding hydrogens is 925 g/mol. The number of ether oxygens (including phenoxy) is 1. The summed E-state index contributed by atoms with van der Waals surface area (Å²) in [6.45, 7) is 2.70. The number of phenols is 2. The van der Waals surface area contributed by atoms with Gasteiger partial charge in [0.1, 0.15) is 33.9 Å². The Bertz CT molecular complexity index is 2790. The number of benzene rings is 3. The number of nitrogens with zero attached hydrogens (tertiary/aromatic N) is 2. The smallest absolute Gasteiger partial charge is 0.252 e. The fourth-order valence-corrected chi connectivity index (χ4v) is 8.92. The van der Waals surface area contributed by atoms with Crippen LogP contribution in [0.5, 0.6) is 17.2 Å². The lowest BCUT2D eigenvalue weighted by molar-refractivity contribution is -0.141. The Morgan fingerprint density at radius 1 is 0.857 bits per heavy atom. The molecule has 0 fully saturated rings. The molecule has 2 atom stereocenters. The minimum absolute atomic E-state index is 0.0248. The highest BCUT2D eigenvalue weighted by Crippen LogP contribution is 2.48. The monoisotopic (exact) mass is 976 g/mol. The van der Waals surface area contributed by atoms with E-state index in [9.17, 15) is 58.9 Å². The largest absolute Gasteiger partial charge is 0.507 e. The quantitative estimate of drug-likeness (QED) is 0.0400. The van der Waals surface area contributed by atoms with E-state index in [0.717, 1.165) is 19.3 Å². The first-order chi connectivity index (χ1) is 33.5. The molecule has 2 unspecified atom stereocenters. The van der Waals surface area contributed by atoms with E-state index in [1.54, 1.807) is 24.3 Å². The maximum atomic E-state index is 13.6. The number of amides is 6. The first-order valence-corrected chi connectivity index (χ1v) is 23.3. The Hall–Kier alpha value is -7.83. The number of carbonyl (C=O) groups is 8. The third kappa shape index (κ3) is 12.1. The number of aliphatic hydroxyl groups is 1. The number of pyridine rings is 1. The van der Waals surface area contributed by atoms with Gasteiger partial charge in [0, 0.05) is 59.8 Å². The van der Waals surface area contributed by atoms with Gasteiger partial charge < -0.3 is 52.0 Å². The highest BCUT2D eigenvalue weighted by molar-refractivity contribution is 7.99. The summed E-state index contributed by atoms with van der Waals surface area (Å²) in [7, 11) is 1.34. The van der Waals surface area contributed by atoms with Gasteiger partial charge in [0.05, 0.1) is 54.6 Å². The molecule has 3 aromatic carbocycles. The average Bonchev–Trinajstić information content (AvgIpc) is 3.35. The predicted molar refractivity (Wildman–Crippen MR) is 253 cm³/mol. The van der Waals surface area contributed by atoms with Crippen molar-refractivity contribution >= 4 is 64.5 Å². The average molecular weight is 977 g/mol. The number of phenolic OH excluding ortho intramolecular Hbond substituents is 2. The zero-order chi connectivity index (χ0) is 50.7. The topological polar surface area (TPSA) is 315 Å². The van der Waals surface area contributed by atoms with Crippen LogP contribution < -0.4 is 36.6 Å². The number of anilines is 1. The van der Waals surface area contributed by atoms with Crippen molar-refractivity contribution in [2.75, 3.05) is 38.6 Å². The van der Waals surface area contributed by atoms with Gasteiger partial charge in [-0.3, -0.25) is 38.4 Å². The first kappa shape index (κ1) is 51.6. The molecule has 0 aliphatic heterocycles. The van der Waals surface area contributed by atoms with Gasteiger partial charge in [-0.2, -0.15) is 5.26 Å². The third-order valence-electron chi connectivity index (χ3n) is 11.7. The maximum Gasteiger partial charge on any atom is 0.252 e. The molecule has 20 nitrogen and oxygen atoms in total. The van der Waals surface area contributed by atoms with Crippen LogP contribution in [0.3, 0.4) is 0 Å². The predicted octanol–water partition coefficient (Wildman–Crippen LogP) is 2.46. The number of rotatable bonds is 20. The molecule has 0 radical (unpaired) electrons. The molecule has 2 aliphatic rings. The van der Waals surface area contributed by atoms with Crippen LogP contribution in [0, 0.1) is 11.3 Å². The van der Waals surface area contributed by atoms with Gasteiger partial charge in [-0.1, -0.05) is 51.0 Å². The van der Waals surface area contributed by atoms with E-state index in [4.69, 9.17) is 4.74 Å². The van der Waals surface area contributed by atoms with Crippen LogP contribution in [0.1, 0.15) is 110 Å². The first-order valence-electron chi connectivity index (χ1n) is 22.4. The molecule has 21 heteroatoms. The molecule has 9 N–H and O–H groups in total. The van der Waals surface area contributed by atoms with Gasteiger partial charge >= 0.3 is 0 Å². The molecule has 366 valence electrons. The molecule has 0 spiro atoms. The summed E-state index contributed by atoms with van der Waals surface area (Å²) in [6, 6.07) is 14.2. The lowest BCUT2D eigenvalue weighted by atomic mass is 9.74. The second-order valence-corrected chi connectivity index (χ2v) is 18.1. The molecule has 0 bridgehead atoms. The van der Waals surface area contributed by atoms with Crippen LogP contribution in [-0.2, 0) is 43.4 Å². The third-order valence-corrected chi connectivity index (χ3v) is 12.9. The standard InChI is InChI=1S/C49H52N8O12S/c1-4-5-7-26(2)70-47-28(20-50)18-29(22-55-47)46(66)51-17-15-35(58)52-23-36(59)53-24-37(60)54-25-38(61)57-30-12-10-27(11-13-30)21-56-48(67)49(68)16-14-31-33(19-49)44(64)40-41(42(31)62)45(65)39-32(43(40)63)8-6-9-34(39)69-3/h6,8-13,18,22,26,62,64,68H,4-5,7,14-17,19,21,23-25H2,1-3H3,(H,51,66)(H,52,58)(H,53,59)(H,54,60)(H,56,67)(H,57,61). The van der Waals surface area contributed by atoms with E-state index in [1.165, 1.54) is 49.3 Å². The van der Waals surface area contributed by atoms with Gasteiger partial charge in [0.15, 0.2) is 5.78 Å². The van der Waals surface area contributed by atoms with Gasteiger partial charge in [-0.25, -0.2) is 4.98 Å². The molecule has 70 heavy (non-hydrogen) atoms. The molecule has 0 saturated carbocycles. The van der Waals surface area contributed by atoms with Gasteiger partial charge in [0.2, 0.25) is 29.4 Å². The molecular formula is C49H52N8O12S. The van der Waals surface area contributed by atoms with E-state index in [-0.39, 0.29) is 82.3 Å². The van der Waals surface area contributed by atoms with E-state index in [0.29, 0.717) is 16.3 Å². The minimum Gasteiger partial charge on any atom is -0.507 e. The minimum atomic E-state index is -2.04. The van der Waals surface area contributed by atoms with Crippen molar-refractivity contribution in [3.63, 3.8) is 0 Å². The van der Waals surface area contributed by atoms with E-state index in [1.807, 2.05) is 0 Å². The second-order valence-electron chi connectivity index (χ2n) is 16.7. The number of hydrogen-bond donors (Lipinski definition) is 9. The SMILES string of the molecule is CCCCC(C)Sc1ncc(C(=O)NCCC(=O)NCC(=O)NCC(=O)NCC(=O)Nc2ccc(CNC(=O)C3(O)CCc4c(O)c5c(c(O)c4C3)C(=O)c3cccc(OC)c3C5=O)cc2)cc1C#N. The number of carbonyl (C=O) groups excluding carboxylic acids is 8. The Morgan fingerprint density at radius 2 is 1.51 bits per heavy atom. The number of ketones is 2. The zero-order valence-electron chi connectivity index (χ0n) is 38.6. The summed E-state index contributed by atoms with van der Waals surface area (Å²) in [5.41, 5.74) is -1.38. The van der Waals surface area contributed by atoms with Crippen LogP contribution in [0.25, 0.3) is 0 Å². The molecule has 4 aromatic rings. The van der Waals surface area contributed by atoms with Gasteiger partial charge in [0.25, 0.3) is 11.8 Å². The number of methoxy groups -OCH3 is 1. The number of fused-ring (bicyclic) bond motifs is 3. The van der Waals surface area contributed by atoms with Crippen molar-refractivity contribution in [3.05, 3.63) is 105 Å². The Labute approximate surface area is 406 Å². The van der Waals surface area contributed by atoms with Crippen molar-refractivity contribution < 1.29 is 58.4 Å². The van der Waals surface area contributed by atoms with Gasteiger partial charge in [-0.15, -0.1) is 11.8 Å². The lowest BCUT2D eigenvalue weighted by Crippen LogP contribution is -2.50. The van der Waals surface area contributed by atoms with E-state index >= 15 is 0 Å². The van der Waals surface area contributed by atoms with Crippen LogP contribution >= 0.6 is 11.8 Å². The summed E-state index contributed by atoms with van der Waals surface area (Å²) in [5, 5.41) is 59.3. The number of unbranched alkanes of at least 4 members (excludes halogenated alkanes) is 1. The fourth-order valence-electron chi connectivity index (χ4n) is 7.91. The molecule has 0 saturated heterocycles. The Balaban J connectivity index is 0.877. The van der Waals surface area contributed by atoms with Crippen LogP contribution in [0.2, 0.25) is 0 Å². The fraction of sp³-hybridized carbons (Fsp3) is 0.347. The lowest BCUT2D eigenvalue weighted by Gasteiger charge is -2.34. The summed E-state index contributed by atoms with van der Waals surface area (Å²) < 4.78 is 5.27. The summed E-state index contributed by atoms with van der Waals surface area (Å²) >= 11 is 1.48. The number of nitrogens with one attached hydrogen (secondary N) is 6. The van der Waals surface area contributed by atoms with Crippen molar-refractivity contribution in [1.29, 1.82) is 5.26 Å².